The zero-order valence-electron chi connectivity index (χ0n) is 12.9. The molecule has 0 aliphatic heterocycles. The Morgan fingerprint density at radius 3 is 2.62 bits per heavy atom. The Labute approximate surface area is 142 Å². The highest BCUT2D eigenvalue weighted by Crippen LogP contribution is 2.33. The third-order valence-electron chi connectivity index (χ3n) is 3.96. The van der Waals surface area contributed by atoms with E-state index in [2.05, 4.69) is 4.98 Å². The van der Waals surface area contributed by atoms with Crippen LogP contribution in [0.1, 0.15) is 16.1 Å². The van der Waals surface area contributed by atoms with Gasteiger partial charge in [0.2, 0.25) is 0 Å². The number of aryl methyl sites for hydroxylation is 1. The van der Waals surface area contributed by atoms with Crippen LogP contribution < -0.4 is 0 Å². The van der Waals surface area contributed by atoms with Crippen molar-refractivity contribution >= 4 is 22.6 Å². The number of hydrogen-bond acceptors (Lipinski definition) is 3. The van der Waals surface area contributed by atoms with Gasteiger partial charge in [-0.15, -0.1) is 0 Å². The Morgan fingerprint density at radius 1 is 1.12 bits per heavy atom. The van der Waals surface area contributed by atoms with Crippen molar-refractivity contribution < 1.29 is 9.18 Å². The highest BCUT2D eigenvalue weighted by Gasteiger charge is 2.17. The minimum atomic E-state index is -0.265. The molecule has 0 amide bonds. The highest BCUT2D eigenvalue weighted by atomic mass is 32.1. The summed E-state index contributed by atoms with van der Waals surface area (Å²) in [5, 5.41) is 0. The Kier molecular flexibility index (Phi) is 3.50. The van der Waals surface area contributed by atoms with Crippen LogP contribution in [0.3, 0.4) is 0 Å². The third-order valence-corrected chi connectivity index (χ3v) is 5.00. The summed E-state index contributed by atoms with van der Waals surface area (Å²) in [6, 6.07) is 14.7. The van der Waals surface area contributed by atoms with Gasteiger partial charge in [-0.05, 0) is 36.2 Å². The number of aromatic nitrogens is 2. The molecule has 24 heavy (non-hydrogen) atoms. The lowest BCUT2D eigenvalue weighted by Crippen LogP contribution is -1.91. The quantitative estimate of drug-likeness (QED) is 0.494. The number of halogens is 1. The number of aldehydes is 1. The largest absolute Gasteiger partial charge is 0.296 e. The van der Waals surface area contributed by atoms with E-state index in [4.69, 9.17) is 0 Å². The van der Waals surface area contributed by atoms with Gasteiger partial charge in [0.05, 0.1) is 4.88 Å². The molecular weight excluding hydrogens is 323 g/mol. The van der Waals surface area contributed by atoms with Crippen LogP contribution in [-0.2, 0) is 0 Å². The molecule has 0 unspecified atom stereocenters. The Bertz CT molecular complexity index is 1050. The maximum atomic E-state index is 13.5. The van der Waals surface area contributed by atoms with Gasteiger partial charge in [0.25, 0.3) is 0 Å². The number of rotatable bonds is 3. The molecule has 0 radical (unpaired) electrons. The van der Waals surface area contributed by atoms with E-state index in [0.29, 0.717) is 17.0 Å². The molecule has 4 rings (SSSR count). The molecule has 2 aromatic carbocycles. The van der Waals surface area contributed by atoms with Gasteiger partial charge >= 0.3 is 0 Å². The summed E-state index contributed by atoms with van der Waals surface area (Å²) in [6.45, 7) is 1.70. The summed E-state index contributed by atoms with van der Waals surface area (Å²) in [5.74, 6) is -0.265. The van der Waals surface area contributed by atoms with Crippen LogP contribution in [0.15, 0.2) is 54.7 Å². The van der Waals surface area contributed by atoms with Crippen LogP contribution in [-0.4, -0.2) is 15.7 Å². The third kappa shape index (κ3) is 2.34. The molecule has 0 spiro atoms. The molecule has 0 fully saturated rings. The zero-order chi connectivity index (χ0) is 16.7. The van der Waals surface area contributed by atoms with E-state index in [9.17, 15) is 9.18 Å². The second-order valence-electron chi connectivity index (χ2n) is 5.54. The van der Waals surface area contributed by atoms with Gasteiger partial charge in [-0.25, -0.2) is 9.37 Å². The van der Waals surface area contributed by atoms with E-state index >= 15 is 0 Å². The lowest BCUT2D eigenvalue weighted by atomic mass is 10.1. The van der Waals surface area contributed by atoms with E-state index in [0.717, 1.165) is 27.3 Å². The molecule has 0 aliphatic carbocycles. The van der Waals surface area contributed by atoms with Gasteiger partial charge in [0.1, 0.15) is 17.2 Å². The average molecular weight is 336 g/mol. The molecule has 3 nitrogen and oxygen atoms in total. The van der Waals surface area contributed by atoms with Gasteiger partial charge in [-0.2, -0.15) is 0 Å². The maximum Gasteiger partial charge on any atom is 0.195 e. The summed E-state index contributed by atoms with van der Waals surface area (Å²) in [6.07, 6.45) is 2.72. The van der Waals surface area contributed by atoms with Crippen LogP contribution in [0, 0.1) is 12.7 Å². The first kappa shape index (κ1) is 14.8. The summed E-state index contributed by atoms with van der Waals surface area (Å²) in [4.78, 5) is 18.0. The maximum absolute atomic E-state index is 13.5. The van der Waals surface area contributed by atoms with E-state index in [-0.39, 0.29) is 5.82 Å². The minimum Gasteiger partial charge on any atom is -0.296 e. The molecule has 0 saturated carbocycles. The molecule has 0 aliphatic rings. The molecule has 0 atom stereocenters. The number of benzene rings is 2. The number of carbonyl (C=O) groups excluding carboxylic acids is 1. The smallest absolute Gasteiger partial charge is 0.195 e. The van der Waals surface area contributed by atoms with E-state index in [1.54, 1.807) is 23.5 Å². The number of thiazole rings is 1. The van der Waals surface area contributed by atoms with Crippen LogP contribution in [0.5, 0.6) is 0 Å². The zero-order valence-corrected chi connectivity index (χ0v) is 13.7. The standard InChI is InChI=1S/C19H13FN2OS/c1-12-9-14(7-8-15(12)20)18-16(11-23)22-10-17(24-19(22)21-18)13-5-3-2-4-6-13/h2-11H,1H3. The van der Waals surface area contributed by atoms with Crippen LogP contribution in [0.25, 0.3) is 26.7 Å². The van der Waals surface area contributed by atoms with Crippen molar-refractivity contribution in [3.63, 3.8) is 0 Å². The molecule has 118 valence electrons. The predicted octanol–water partition coefficient (Wildman–Crippen LogP) is 4.99. The second-order valence-corrected chi connectivity index (χ2v) is 6.55. The summed E-state index contributed by atoms with van der Waals surface area (Å²) in [5.41, 5.74) is 3.43. The van der Waals surface area contributed by atoms with Gasteiger partial charge in [-0.3, -0.25) is 9.20 Å². The van der Waals surface area contributed by atoms with Crippen molar-refractivity contribution in [1.82, 2.24) is 9.38 Å². The minimum absolute atomic E-state index is 0.265. The van der Waals surface area contributed by atoms with Crippen LogP contribution in [0.2, 0.25) is 0 Å². The topological polar surface area (TPSA) is 34.4 Å². The van der Waals surface area contributed by atoms with E-state index in [1.807, 2.05) is 36.5 Å². The first-order chi connectivity index (χ1) is 11.7. The lowest BCUT2D eigenvalue weighted by Gasteiger charge is -2.02. The van der Waals surface area contributed by atoms with Crippen molar-refractivity contribution in [3.8, 4) is 21.7 Å². The van der Waals surface area contributed by atoms with Crippen LogP contribution >= 0.6 is 11.3 Å². The number of nitrogens with zero attached hydrogens (tertiary/aromatic N) is 2. The number of imidazole rings is 1. The fourth-order valence-electron chi connectivity index (χ4n) is 2.72. The number of hydrogen-bond donors (Lipinski definition) is 0. The van der Waals surface area contributed by atoms with Crippen molar-refractivity contribution in [2.75, 3.05) is 0 Å². The fraction of sp³-hybridized carbons (Fsp3) is 0.0526. The molecule has 2 aromatic heterocycles. The summed E-state index contributed by atoms with van der Waals surface area (Å²) < 4.78 is 15.3. The summed E-state index contributed by atoms with van der Waals surface area (Å²) >= 11 is 1.52. The SMILES string of the molecule is Cc1cc(-c2nc3sc(-c4ccccc4)cn3c2C=O)ccc1F. The van der Waals surface area contributed by atoms with Gasteiger partial charge in [0.15, 0.2) is 11.2 Å². The Balaban J connectivity index is 1.88. The Hall–Kier alpha value is -2.79. The average Bonchev–Trinajstić information content (AvgIpc) is 3.15. The normalized spacial score (nSPS) is 11.1. The van der Waals surface area contributed by atoms with Crippen molar-refractivity contribution in [3.05, 3.63) is 71.8 Å². The molecule has 5 heteroatoms. The first-order valence-corrected chi connectivity index (χ1v) is 8.28. The van der Waals surface area contributed by atoms with Crippen molar-refractivity contribution in [1.29, 1.82) is 0 Å². The van der Waals surface area contributed by atoms with Crippen molar-refractivity contribution in [2.24, 2.45) is 0 Å². The highest BCUT2D eigenvalue weighted by molar-refractivity contribution is 7.20. The van der Waals surface area contributed by atoms with Gasteiger partial charge in [0, 0.05) is 11.8 Å². The number of carbonyl (C=O) groups is 1. The lowest BCUT2D eigenvalue weighted by molar-refractivity contribution is 0.111. The van der Waals surface area contributed by atoms with E-state index < -0.39 is 0 Å². The molecule has 0 N–H and O–H groups in total. The van der Waals surface area contributed by atoms with Gasteiger partial charge < -0.3 is 0 Å². The molecule has 2 heterocycles. The predicted molar refractivity (Wildman–Crippen MR) is 94.0 cm³/mol. The van der Waals surface area contributed by atoms with Crippen molar-refractivity contribution in [2.45, 2.75) is 6.92 Å². The monoisotopic (exact) mass is 336 g/mol. The van der Waals surface area contributed by atoms with Gasteiger partial charge in [-0.1, -0.05) is 41.7 Å². The Morgan fingerprint density at radius 2 is 1.92 bits per heavy atom. The van der Waals surface area contributed by atoms with Crippen LogP contribution in [0.4, 0.5) is 4.39 Å². The molecule has 0 bridgehead atoms. The molecule has 4 aromatic rings. The van der Waals surface area contributed by atoms with E-state index in [1.165, 1.54) is 17.4 Å². The number of fused-ring (bicyclic) bond motifs is 1. The first-order valence-electron chi connectivity index (χ1n) is 7.46. The molecular formula is C19H13FN2OS. The summed E-state index contributed by atoms with van der Waals surface area (Å²) in [7, 11) is 0. The molecule has 0 saturated heterocycles. The second kappa shape index (κ2) is 5.69. The fourth-order valence-corrected chi connectivity index (χ4v) is 3.71.